The molecule has 2 rings (SSSR count). The minimum atomic E-state index is 0.694. The van der Waals surface area contributed by atoms with Crippen molar-refractivity contribution >= 4 is 32.4 Å². The molecule has 0 bridgehead atoms. The fourth-order valence-corrected chi connectivity index (χ4v) is 3.22. The second-order valence-electron chi connectivity index (χ2n) is 3.62. The smallest absolute Gasteiger partial charge is 0.209 e. The van der Waals surface area contributed by atoms with E-state index >= 15 is 0 Å². The molecule has 5 heteroatoms. The number of nitrogens with zero attached hydrogens (tertiary/aromatic N) is 3. The second-order valence-corrected chi connectivity index (χ2v) is 5.85. The highest BCUT2D eigenvalue weighted by atomic mass is 79.9. The van der Waals surface area contributed by atoms with Gasteiger partial charge in [-0.05, 0) is 35.2 Å². The quantitative estimate of drug-likeness (QED) is 0.849. The van der Waals surface area contributed by atoms with Gasteiger partial charge in [0.2, 0.25) is 5.13 Å². The number of rotatable bonds is 3. The van der Waals surface area contributed by atoms with Gasteiger partial charge in [0, 0.05) is 12.6 Å². The largest absolute Gasteiger partial charge is 0.344 e. The van der Waals surface area contributed by atoms with Crippen LogP contribution in [0.3, 0.4) is 0 Å². The van der Waals surface area contributed by atoms with Gasteiger partial charge in [-0.1, -0.05) is 24.7 Å². The molecule has 14 heavy (non-hydrogen) atoms. The van der Waals surface area contributed by atoms with E-state index in [0.29, 0.717) is 6.04 Å². The van der Waals surface area contributed by atoms with Gasteiger partial charge >= 0.3 is 0 Å². The summed E-state index contributed by atoms with van der Waals surface area (Å²) in [5, 5.41) is 9.25. The van der Waals surface area contributed by atoms with Gasteiger partial charge in [-0.2, -0.15) is 0 Å². The van der Waals surface area contributed by atoms with E-state index in [-0.39, 0.29) is 0 Å². The zero-order valence-electron chi connectivity index (χ0n) is 8.24. The molecule has 1 aliphatic heterocycles. The summed E-state index contributed by atoms with van der Waals surface area (Å²) in [6.45, 7) is 3.39. The van der Waals surface area contributed by atoms with Crippen molar-refractivity contribution < 1.29 is 0 Å². The van der Waals surface area contributed by atoms with Crippen LogP contribution in [0.5, 0.6) is 0 Å². The van der Waals surface area contributed by atoms with Crippen LogP contribution in [0.15, 0.2) is 3.92 Å². The maximum Gasteiger partial charge on any atom is 0.209 e. The zero-order valence-corrected chi connectivity index (χ0v) is 10.6. The van der Waals surface area contributed by atoms with Crippen molar-refractivity contribution in [1.29, 1.82) is 0 Å². The van der Waals surface area contributed by atoms with Gasteiger partial charge in [-0.3, -0.25) is 0 Å². The molecule has 0 radical (unpaired) electrons. The zero-order chi connectivity index (χ0) is 9.97. The van der Waals surface area contributed by atoms with E-state index in [1.165, 1.54) is 25.7 Å². The summed E-state index contributed by atoms with van der Waals surface area (Å²) in [7, 11) is 0. The summed E-state index contributed by atoms with van der Waals surface area (Å²) in [5.74, 6) is 0. The van der Waals surface area contributed by atoms with Crippen molar-refractivity contribution in [2.45, 2.75) is 38.6 Å². The van der Waals surface area contributed by atoms with Gasteiger partial charge in [0.1, 0.15) is 0 Å². The lowest BCUT2D eigenvalue weighted by Crippen LogP contribution is -2.28. The van der Waals surface area contributed by atoms with Crippen LogP contribution in [-0.4, -0.2) is 22.8 Å². The fourth-order valence-electron chi connectivity index (χ4n) is 2.04. The normalized spacial score (nSPS) is 21.9. The first kappa shape index (κ1) is 10.4. The highest BCUT2D eigenvalue weighted by molar-refractivity contribution is 9.11. The molecule has 0 aromatic carbocycles. The minimum Gasteiger partial charge on any atom is -0.344 e. The molecule has 0 N–H and O–H groups in total. The topological polar surface area (TPSA) is 29.0 Å². The van der Waals surface area contributed by atoms with Crippen LogP contribution in [0.25, 0.3) is 0 Å². The van der Waals surface area contributed by atoms with E-state index in [0.717, 1.165) is 15.6 Å². The lowest BCUT2D eigenvalue weighted by molar-refractivity contribution is 0.598. The van der Waals surface area contributed by atoms with Crippen LogP contribution in [-0.2, 0) is 0 Å². The van der Waals surface area contributed by atoms with Gasteiger partial charge in [0.25, 0.3) is 0 Å². The Morgan fingerprint density at radius 3 is 3.07 bits per heavy atom. The summed E-state index contributed by atoms with van der Waals surface area (Å²) in [6, 6.07) is 0.694. The first-order valence-electron chi connectivity index (χ1n) is 5.07. The van der Waals surface area contributed by atoms with E-state index in [2.05, 4.69) is 38.0 Å². The summed E-state index contributed by atoms with van der Waals surface area (Å²) < 4.78 is 0.884. The molecule has 0 amide bonds. The lowest BCUT2D eigenvalue weighted by Gasteiger charge is -2.22. The van der Waals surface area contributed by atoms with E-state index in [1.807, 2.05) is 0 Å². The van der Waals surface area contributed by atoms with Crippen molar-refractivity contribution in [3.05, 3.63) is 3.92 Å². The summed E-state index contributed by atoms with van der Waals surface area (Å²) in [6.07, 6.45) is 5.13. The van der Waals surface area contributed by atoms with E-state index in [1.54, 1.807) is 11.3 Å². The van der Waals surface area contributed by atoms with Crippen molar-refractivity contribution in [1.82, 2.24) is 10.2 Å². The summed E-state index contributed by atoms with van der Waals surface area (Å²) in [5.41, 5.74) is 0. The Kier molecular flexibility index (Phi) is 3.38. The first-order chi connectivity index (χ1) is 6.81. The molecule has 1 unspecified atom stereocenters. The molecule has 0 aliphatic carbocycles. The van der Waals surface area contributed by atoms with Gasteiger partial charge in [0.15, 0.2) is 3.92 Å². The third kappa shape index (κ3) is 2.08. The fraction of sp³-hybridized carbons (Fsp3) is 0.778. The summed E-state index contributed by atoms with van der Waals surface area (Å²) in [4.78, 5) is 2.41. The minimum absolute atomic E-state index is 0.694. The van der Waals surface area contributed by atoms with Crippen molar-refractivity contribution in [3.63, 3.8) is 0 Å². The maximum absolute atomic E-state index is 4.18. The molecule has 1 fully saturated rings. The average Bonchev–Trinajstić information content (AvgIpc) is 2.74. The maximum atomic E-state index is 4.18. The molecule has 0 spiro atoms. The predicted octanol–water partition coefficient (Wildman–Crippen LogP) is 3.07. The highest BCUT2D eigenvalue weighted by Gasteiger charge is 2.26. The third-order valence-electron chi connectivity index (χ3n) is 2.63. The van der Waals surface area contributed by atoms with Gasteiger partial charge < -0.3 is 4.90 Å². The van der Waals surface area contributed by atoms with E-state index in [9.17, 15) is 0 Å². The van der Waals surface area contributed by atoms with E-state index < -0.39 is 0 Å². The van der Waals surface area contributed by atoms with Crippen molar-refractivity contribution in [3.8, 4) is 0 Å². The third-order valence-corrected chi connectivity index (χ3v) is 4.03. The Labute approximate surface area is 96.7 Å². The Morgan fingerprint density at radius 2 is 2.43 bits per heavy atom. The second kappa shape index (κ2) is 4.57. The molecule has 1 saturated heterocycles. The van der Waals surface area contributed by atoms with Crippen LogP contribution in [0.1, 0.15) is 32.6 Å². The molecule has 1 atom stereocenters. The number of anilines is 1. The Morgan fingerprint density at radius 1 is 1.57 bits per heavy atom. The summed E-state index contributed by atoms with van der Waals surface area (Å²) >= 11 is 4.99. The Hall–Kier alpha value is -0.160. The van der Waals surface area contributed by atoms with Crippen LogP contribution in [0.4, 0.5) is 5.13 Å². The molecule has 3 nitrogen and oxygen atoms in total. The van der Waals surface area contributed by atoms with Crippen molar-refractivity contribution in [2.24, 2.45) is 0 Å². The molecule has 1 aromatic heterocycles. The van der Waals surface area contributed by atoms with Gasteiger partial charge in [-0.15, -0.1) is 10.2 Å². The molecule has 2 heterocycles. The van der Waals surface area contributed by atoms with Gasteiger partial charge in [-0.25, -0.2) is 0 Å². The Bertz CT molecular complexity index is 302. The van der Waals surface area contributed by atoms with Crippen LogP contribution >= 0.6 is 27.3 Å². The number of halogens is 1. The molecular weight excluding hydrogens is 262 g/mol. The van der Waals surface area contributed by atoms with Crippen LogP contribution < -0.4 is 4.90 Å². The highest BCUT2D eigenvalue weighted by Crippen LogP contribution is 2.31. The van der Waals surface area contributed by atoms with Gasteiger partial charge in [0.05, 0.1) is 0 Å². The SMILES string of the molecule is CCCC1CCCN1c1nnc(Br)s1. The lowest BCUT2D eigenvalue weighted by atomic mass is 10.1. The Balaban J connectivity index is 2.09. The van der Waals surface area contributed by atoms with Crippen LogP contribution in [0, 0.1) is 0 Å². The molecule has 1 aromatic rings. The number of hydrogen-bond donors (Lipinski definition) is 0. The predicted molar refractivity (Wildman–Crippen MR) is 62.9 cm³/mol. The van der Waals surface area contributed by atoms with Crippen LogP contribution in [0.2, 0.25) is 0 Å². The number of hydrogen-bond acceptors (Lipinski definition) is 4. The molecule has 0 saturated carbocycles. The van der Waals surface area contributed by atoms with Crippen molar-refractivity contribution in [2.75, 3.05) is 11.4 Å². The standard InChI is InChI=1S/C9H14BrN3S/c1-2-4-7-5-3-6-13(7)9-12-11-8(10)14-9/h7H,2-6H2,1H3. The molecule has 1 aliphatic rings. The number of aromatic nitrogens is 2. The molecule has 78 valence electrons. The monoisotopic (exact) mass is 275 g/mol. The first-order valence-corrected chi connectivity index (χ1v) is 6.68. The molecular formula is C9H14BrN3S. The van der Waals surface area contributed by atoms with E-state index in [4.69, 9.17) is 0 Å². The average molecular weight is 276 g/mol.